The minimum atomic E-state index is -4.55. The van der Waals surface area contributed by atoms with Crippen molar-refractivity contribution in [2.24, 2.45) is 5.41 Å². The second-order valence-corrected chi connectivity index (χ2v) is 7.68. The van der Waals surface area contributed by atoms with Gasteiger partial charge in [0.2, 0.25) is 0 Å². The number of phenolic OH excluding ortho intramolecular Hbond substituents is 1. The fraction of sp³-hybridized carbons (Fsp3) is 0.381. The van der Waals surface area contributed by atoms with Gasteiger partial charge in [-0.1, -0.05) is 26.0 Å². The Morgan fingerprint density at radius 3 is 2.37 bits per heavy atom. The molecule has 0 aromatic heterocycles. The van der Waals surface area contributed by atoms with E-state index in [0.29, 0.717) is 18.8 Å². The van der Waals surface area contributed by atoms with Crippen LogP contribution in [0.2, 0.25) is 0 Å². The van der Waals surface area contributed by atoms with E-state index in [9.17, 15) is 18.3 Å². The summed E-state index contributed by atoms with van der Waals surface area (Å²) in [4.78, 5) is 1.95. The lowest BCUT2D eigenvalue weighted by Gasteiger charge is -2.45. The van der Waals surface area contributed by atoms with Crippen molar-refractivity contribution in [2.75, 3.05) is 18.0 Å². The summed E-state index contributed by atoms with van der Waals surface area (Å²) in [5.74, 6) is 0.459. The van der Waals surface area contributed by atoms with Crippen molar-refractivity contribution in [3.8, 4) is 11.8 Å². The van der Waals surface area contributed by atoms with Crippen molar-refractivity contribution >= 4 is 5.69 Å². The van der Waals surface area contributed by atoms with E-state index in [4.69, 9.17) is 5.26 Å². The summed E-state index contributed by atoms with van der Waals surface area (Å²) in [6.45, 7) is 5.43. The highest BCUT2D eigenvalue weighted by atomic mass is 19.4. The molecule has 0 radical (unpaired) electrons. The van der Waals surface area contributed by atoms with Gasteiger partial charge in [0.15, 0.2) is 0 Å². The van der Waals surface area contributed by atoms with E-state index >= 15 is 0 Å². The molecule has 0 bridgehead atoms. The molecule has 3 rings (SSSR count). The minimum Gasteiger partial charge on any atom is -0.508 e. The second-order valence-electron chi connectivity index (χ2n) is 7.68. The average Bonchev–Trinajstić information content (AvgIpc) is 2.60. The van der Waals surface area contributed by atoms with Crippen molar-refractivity contribution in [3.05, 3.63) is 59.2 Å². The molecular formula is C21H21F3N2O. The van der Waals surface area contributed by atoms with Crippen LogP contribution in [0.15, 0.2) is 42.5 Å². The monoisotopic (exact) mass is 374 g/mol. The van der Waals surface area contributed by atoms with Crippen LogP contribution < -0.4 is 4.90 Å². The fourth-order valence-corrected chi connectivity index (χ4v) is 3.96. The molecule has 3 nitrogen and oxygen atoms in total. The molecule has 1 saturated heterocycles. The zero-order valence-corrected chi connectivity index (χ0v) is 15.2. The molecule has 6 heteroatoms. The van der Waals surface area contributed by atoms with E-state index in [0.717, 1.165) is 18.1 Å². The first-order valence-corrected chi connectivity index (χ1v) is 8.77. The van der Waals surface area contributed by atoms with Gasteiger partial charge >= 0.3 is 6.18 Å². The van der Waals surface area contributed by atoms with Crippen LogP contribution in [0.5, 0.6) is 5.75 Å². The molecule has 0 saturated carbocycles. The number of aromatic hydroxyl groups is 1. The number of nitrogens with zero attached hydrogens (tertiary/aromatic N) is 2. The number of alkyl halides is 3. The molecule has 0 amide bonds. The van der Waals surface area contributed by atoms with E-state index in [2.05, 4.69) is 13.8 Å². The van der Waals surface area contributed by atoms with Crippen LogP contribution in [0.3, 0.4) is 0 Å². The highest BCUT2D eigenvalue weighted by Crippen LogP contribution is 2.44. The quantitative estimate of drug-likeness (QED) is 0.776. The molecule has 0 unspecified atom stereocenters. The summed E-state index contributed by atoms with van der Waals surface area (Å²) in [5, 5.41) is 18.5. The van der Waals surface area contributed by atoms with Crippen LogP contribution in [0, 0.1) is 16.7 Å². The standard InChI is InChI=1S/C21H21F3N2O/c1-20(2)13-26(10-9-18(20)14-4-7-17(27)8-5-14)16-6-3-15(12-25)19(11-16)21(22,23)24/h3-8,11,18,27H,9-10,13H2,1-2H3/t18-/m0/s1. The van der Waals surface area contributed by atoms with Gasteiger partial charge in [-0.3, -0.25) is 0 Å². The number of anilines is 1. The van der Waals surface area contributed by atoms with Gasteiger partial charge in [-0.05, 0) is 53.6 Å². The fourth-order valence-electron chi connectivity index (χ4n) is 3.96. The van der Waals surface area contributed by atoms with Crippen molar-refractivity contribution in [3.63, 3.8) is 0 Å². The molecule has 1 heterocycles. The summed E-state index contributed by atoms with van der Waals surface area (Å²) < 4.78 is 39.8. The van der Waals surface area contributed by atoms with Crippen LogP contribution in [-0.2, 0) is 6.18 Å². The molecule has 1 N–H and O–H groups in total. The Morgan fingerprint density at radius 1 is 1.15 bits per heavy atom. The number of benzene rings is 2. The zero-order valence-electron chi connectivity index (χ0n) is 15.2. The molecule has 142 valence electrons. The van der Waals surface area contributed by atoms with Gasteiger partial charge in [0.05, 0.1) is 17.2 Å². The third-order valence-corrected chi connectivity index (χ3v) is 5.32. The second kappa shape index (κ2) is 6.80. The number of hydrogen-bond acceptors (Lipinski definition) is 3. The van der Waals surface area contributed by atoms with E-state index in [1.165, 1.54) is 6.07 Å². The maximum atomic E-state index is 13.3. The van der Waals surface area contributed by atoms with Crippen LogP contribution in [0.25, 0.3) is 0 Å². The Kier molecular flexibility index (Phi) is 4.81. The first-order chi connectivity index (χ1) is 12.6. The van der Waals surface area contributed by atoms with Crippen LogP contribution >= 0.6 is 0 Å². The highest BCUT2D eigenvalue weighted by Gasteiger charge is 2.38. The summed E-state index contributed by atoms with van der Waals surface area (Å²) in [5.41, 5.74) is 0.193. The van der Waals surface area contributed by atoms with Gasteiger partial charge in [0.1, 0.15) is 5.75 Å². The summed E-state index contributed by atoms with van der Waals surface area (Å²) in [6, 6.07) is 12.7. The highest BCUT2D eigenvalue weighted by molar-refractivity contribution is 5.55. The third-order valence-electron chi connectivity index (χ3n) is 5.32. The van der Waals surface area contributed by atoms with E-state index in [-0.39, 0.29) is 22.6 Å². The first-order valence-electron chi connectivity index (χ1n) is 8.77. The normalized spacial score (nSPS) is 19.6. The molecule has 0 spiro atoms. The van der Waals surface area contributed by atoms with E-state index < -0.39 is 11.7 Å². The maximum Gasteiger partial charge on any atom is 0.417 e. The number of hydrogen-bond donors (Lipinski definition) is 1. The van der Waals surface area contributed by atoms with E-state index in [1.807, 2.05) is 17.0 Å². The molecule has 1 aliphatic heterocycles. The molecule has 1 aliphatic rings. The van der Waals surface area contributed by atoms with Crippen LogP contribution in [-0.4, -0.2) is 18.2 Å². The first kappa shape index (κ1) is 19.1. The van der Waals surface area contributed by atoms with E-state index in [1.54, 1.807) is 24.3 Å². The number of nitriles is 1. The largest absolute Gasteiger partial charge is 0.508 e. The molecule has 27 heavy (non-hydrogen) atoms. The van der Waals surface area contributed by atoms with Gasteiger partial charge in [-0.15, -0.1) is 0 Å². The van der Waals surface area contributed by atoms with Crippen molar-refractivity contribution < 1.29 is 18.3 Å². The topological polar surface area (TPSA) is 47.3 Å². The molecule has 1 atom stereocenters. The predicted molar refractivity (Wildman–Crippen MR) is 97.6 cm³/mol. The molecule has 2 aromatic carbocycles. The van der Waals surface area contributed by atoms with Crippen LogP contribution in [0.1, 0.15) is 42.9 Å². The smallest absolute Gasteiger partial charge is 0.417 e. The minimum absolute atomic E-state index is 0.165. The Hall–Kier alpha value is -2.68. The van der Waals surface area contributed by atoms with Gasteiger partial charge in [0.25, 0.3) is 0 Å². The summed E-state index contributed by atoms with van der Waals surface area (Å²) in [6.07, 6.45) is -3.76. The Morgan fingerprint density at radius 2 is 1.81 bits per heavy atom. The Balaban J connectivity index is 1.87. The van der Waals surface area contributed by atoms with Gasteiger partial charge in [-0.2, -0.15) is 18.4 Å². The van der Waals surface area contributed by atoms with Crippen molar-refractivity contribution in [1.82, 2.24) is 0 Å². The van der Waals surface area contributed by atoms with Gasteiger partial charge in [0, 0.05) is 18.8 Å². The maximum absolute atomic E-state index is 13.3. The van der Waals surface area contributed by atoms with Crippen molar-refractivity contribution in [2.45, 2.75) is 32.4 Å². The number of phenols is 1. The number of rotatable bonds is 2. The summed E-state index contributed by atoms with van der Waals surface area (Å²) >= 11 is 0. The third kappa shape index (κ3) is 3.87. The molecule has 1 fully saturated rings. The molecule has 0 aliphatic carbocycles. The average molecular weight is 374 g/mol. The Bertz CT molecular complexity index is 866. The molecular weight excluding hydrogens is 353 g/mol. The Labute approximate surface area is 156 Å². The predicted octanol–water partition coefficient (Wildman–Crippen LogP) is 5.30. The molecule has 2 aromatic rings. The lowest BCUT2D eigenvalue weighted by molar-refractivity contribution is -0.137. The van der Waals surface area contributed by atoms with Gasteiger partial charge < -0.3 is 10.0 Å². The summed E-state index contributed by atoms with van der Waals surface area (Å²) in [7, 11) is 0. The lowest BCUT2D eigenvalue weighted by Crippen LogP contribution is -2.44. The zero-order chi connectivity index (χ0) is 19.8. The van der Waals surface area contributed by atoms with Gasteiger partial charge in [-0.25, -0.2) is 0 Å². The number of piperidine rings is 1. The lowest BCUT2D eigenvalue weighted by atomic mass is 9.70. The SMILES string of the molecule is CC1(C)CN(c2ccc(C#N)c(C(F)(F)F)c2)CC[C@H]1c1ccc(O)cc1. The number of halogens is 3. The van der Waals surface area contributed by atoms with Crippen LogP contribution in [0.4, 0.5) is 18.9 Å². The van der Waals surface area contributed by atoms with Crippen molar-refractivity contribution in [1.29, 1.82) is 5.26 Å².